The molecule has 8 nitrogen and oxygen atoms in total. The van der Waals surface area contributed by atoms with Crippen molar-refractivity contribution in [3.8, 4) is 17.2 Å². The molecule has 0 atom stereocenters. The first-order valence-electron chi connectivity index (χ1n) is 6.99. The summed E-state index contributed by atoms with van der Waals surface area (Å²) >= 11 is 0. The minimum atomic E-state index is -0.535. The van der Waals surface area contributed by atoms with Gasteiger partial charge < -0.3 is 15.0 Å². The molecule has 2 aromatic rings. The molecule has 0 aliphatic heterocycles. The molecule has 1 aromatic heterocycles. The van der Waals surface area contributed by atoms with E-state index in [1.807, 2.05) is 0 Å². The Kier molecular flexibility index (Phi) is 4.86. The van der Waals surface area contributed by atoms with Crippen LogP contribution in [-0.2, 0) is 5.54 Å². The van der Waals surface area contributed by atoms with Crippen molar-refractivity contribution in [1.29, 1.82) is 0 Å². The predicted molar refractivity (Wildman–Crippen MR) is 84.5 cm³/mol. The maximum absolute atomic E-state index is 10.9. The van der Waals surface area contributed by atoms with E-state index in [4.69, 9.17) is 15.0 Å². The summed E-state index contributed by atoms with van der Waals surface area (Å²) in [6.07, 6.45) is 3.75. The molecule has 1 saturated carbocycles. The van der Waals surface area contributed by atoms with E-state index in [1.54, 1.807) is 6.07 Å². The average molecular weight is 341 g/mol. The number of ether oxygens (including phenoxy) is 1. The third kappa shape index (κ3) is 3.13. The third-order valence-electron chi connectivity index (χ3n) is 3.99. The Morgan fingerprint density at radius 2 is 2.09 bits per heavy atom. The number of hydrogen-bond acceptors (Lipinski definition) is 7. The molecule has 9 heteroatoms. The van der Waals surface area contributed by atoms with Crippen LogP contribution in [0.2, 0.25) is 0 Å². The lowest BCUT2D eigenvalue weighted by atomic mass is 9.99. The minimum Gasteiger partial charge on any atom is -0.490 e. The zero-order chi connectivity index (χ0) is 15.7. The van der Waals surface area contributed by atoms with Gasteiger partial charge in [-0.05, 0) is 18.9 Å². The fraction of sp³-hybridized carbons (Fsp3) is 0.429. The molecule has 1 aliphatic carbocycles. The summed E-state index contributed by atoms with van der Waals surface area (Å²) in [6, 6.07) is 4.41. The number of hydrogen-bond donors (Lipinski definition) is 1. The van der Waals surface area contributed by atoms with Crippen molar-refractivity contribution in [2.24, 2.45) is 5.73 Å². The molecule has 2 N–H and O–H groups in total. The number of nitrogens with two attached hydrogens (primary N) is 1. The standard InChI is InChI=1S/C14H16N4O4.ClH/c1-21-11-8-9(4-5-10(11)18(19)20)12-16-13(17-22-12)14(15)6-2-3-7-14;/h4-5,8H,2-3,6-7,15H2,1H3;1H. The van der Waals surface area contributed by atoms with Crippen LogP contribution in [0.15, 0.2) is 22.7 Å². The van der Waals surface area contributed by atoms with Crippen LogP contribution in [0.5, 0.6) is 5.75 Å². The van der Waals surface area contributed by atoms with Gasteiger partial charge in [0.15, 0.2) is 11.6 Å². The van der Waals surface area contributed by atoms with E-state index in [9.17, 15) is 10.1 Å². The fourth-order valence-electron chi connectivity index (χ4n) is 2.73. The summed E-state index contributed by atoms with van der Waals surface area (Å²) in [6.45, 7) is 0. The Balaban J connectivity index is 0.00000192. The maximum Gasteiger partial charge on any atom is 0.310 e. The second-order valence-corrected chi connectivity index (χ2v) is 5.43. The summed E-state index contributed by atoms with van der Waals surface area (Å²) in [5.41, 5.74) is 6.20. The van der Waals surface area contributed by atoms with E-state index >= 15 is 0 Å². The molecule has 23 heavy (non-hydrogen) atoms. The van der Waals surface area contributed by atoms with Crippen LogP contribution in [0, 0.1) is 10.1 Å². The Labute approximate surface area is 138 Å². The van der Waals surface area contributed by atoms with Crippen molar-refractivity contribution in [2.75, 3.05) is 7.11 Å². The molecule has 0 radical (unpaired) electrons. The van der Waals surface area contributed by atoms with Gasteiger partial charge in [-0.1, -0.05) is 18.0 Å². The molecule has 124 valence electrons. The predicted octanol–water partition coefficient (Wildman–Crippen LogP) is 2.80. The van der Waals surface area contributed by atoms with Crippen LogP contribution >= 0.6 is 12.4 Å². The first-order valence-corrected chi connectivity index (χ1v) is 6.99. The van der Waals surface area contributed by atoms with Crippen LogP contribution in [0.1, 0.15) is 31.5 Å². The van der Waals surface area contributed by atoms with Gasteiger partial charge in [0.1, 0.15) is 0 Å². The zero-order valence-corrected chi connectivity index (χ0v) is 13.3. The fourth-order valence-corrected chi connectivity index (χ4v) is 2.73. The van der Waals surface area contributed by atoms with Crippen LogP contribution in [-0.4, -0.2) is 22.2 Å². The molecule has 0 amide bonds. The van der Waals surface area contributed by atoms with Crippen molar-refractivity contribution in [3.63, 3.8) is 0 Å². The minimum absolute atomic E-state index is 0. The highest BCUT2D eigenvalue weighted by atomic mass is 35.5. The summed E-state index contributed by atoms with van der Waals surface area (Å²) < 4.78 is 10.3. The lowest BCUT2D eigenvalue weighted by Gasteiger charge is -2.17. The van der Waals surface area contributed by atoms with E-state index in [0.717, 1.165) is 25.7 Å². The molecular formula is C14H17ClN4O4. The van der Waals surface area contributed by atoms with Crippen molar-refractivity contribution in [3.05, 3.63) is 34.1 Å². The van der Waals surface area contributed by atoms with Gasteiger partial charge in [0.25, 0.3) is 5.89 Å². The largest absolute Gasteiger partial charge is 0.490 e. The molecule has 0 saturated heterocycles. The van der Waals surface area contributed by atoms with Gasteiger partial charge in [0.05, 0.1) is 17.6 Å². The average Bonchev–Trinajstić information content (AvgIpc) is 3.16. The number of nitrogens with zero attached hydrogens (tertiary/aromatic N) is 3. The van der Waals surface area contributed by atoms with E-state index in [1.165, 1.54) is 19.2 Å². The first-order chi connectivity index (χ1) is 10.5. The van der Waals surface area contributed by atoms with E-state index < -0.39 is 10.5 Å². The zero-order valence-electron chi connectivity index (χ0n) is 12.5. The highest BCUT2D eigenvalue weighted by Gasteiger charge is 2.36. The van der Waals surface area contributed by atoms with Crippen LogP contribution in [0.3, 0.4) is 0 Å². The third-order valence-corrected chi connectivity index (χ3v) is 3.99. The smallest absolute Gasteiger partial charge is 0.310 e. The van der Waals surface area contributed by atoms with Gasteiger partial charge in [-0.2, -0.15) is 4.98 Å². The van der Waals surface area contributed by atoms with Gasteiger partial charge in [-0.3, -0.25) is 10.1 Å². The van der Waals surface area contributed by atoms with Gasteiger partial charge >= 0.3 is 5.69 Å². The molecule has 0 unspecified atom stereocenters. The van der Waals surface area contributed by atoms with E-state index in [-0.39, 0.29) is 29.7 Å². The SMILES string of the molecule is COc1cc(-c2nc(C3(N)CCCC3)no2)ccc1[N+](=O)[O-].Cl. The summed E-state index contributed by atoms with van der Waals surface area (Å²) in [5, 5.41) is 14.9. The maximum atomic E-state index is 10.9. The molecule has 1 fully saturated rings. The number of rotatable bonds is 4. The quantitative estimate of drug-likeness (QED) is 0.671. The first kappa shape index (κ1) is 17.2. The summed E-state index contributed by atoms with van der Waals surface area (Å²) in [5.74, 6) is 0.905. The normalized spacial score (nSPS) is 15.9. The lowest BCUT2D eigenvalue weighted by molar-refractivity contribution is -0.385. The van der Waals surface area contributed by atoms with E-state index in [2.05, 4.69) is 10.1 Å². The molecule has 0 bridgehead atoms. The number of halogens is 1. The Bertz CT molecular complexity index is 713. The second-order valence-electron chi connectivity index (χ2n) is 5.43. The highest BCUT2D eigenvalue weighted by Crippen LogP contribution is 2.36. The van der Waals surface area contributed by atoms with Crippen LogP contribution in [0.4, 0.5) is 5.69 Å². The summed E-state index contributed by atoms with van der Waals surface area (Å²) in [7, 11) is 1.37. The molecular weight excluding hydrogens is 324 g/mol. The molecule has 3 rings (SSSR count). The molecule has 1 heterocycles. The second kappa shape index (κ2) is 6.51. The molecule has 1 aromatic carbocycles. The summed E-state index contributed by atoms with van der Waals surface area (Å²) in [4.78, 5) is 14.8. The molecule has 1 aliphatic rings. The monoisotopic (exact) mass is 340 g/mol. The van der Waals surface area contributed by atoms with Crippen molar-refractivity contribution < 1.29 is 14.2 Å². The molecule has 0 spiro atoms. The Hall–Kier alpha value is -2.19. The van der Waals surface area contributed by atoms with Gasteiger partial charge in [0, 0.05) is 17.7 Å². The van der Waals surface area contributed by atoms with Crippen LogP contribution < -0.4 is 10.5 Å². The Morgan fingerprint density at radius 1 is 1.39 bits per heavy atom. The van der Waals surface area contributed by atoms with Crippen molar-refractivity contribution in [1.82, 2.24) is 10.1 Å². The number of aromatic nitrogens is 2. The number of methoxy groups -OCH3 is 1. The van der Waals surface area contributed by atoms with Crippen molar-refractivity contribution >= 4 is 18.1 Å². The van der Waals surface area contributed by atoms with Gasteiger partial charge in [0.2, 0.25) is 0 Å². The number of nitro benzene ring substituents is 1. The van der Waals surface area contributed by atoms with Crippen molar-refractivity contribution in [2.45, 2.75) is 31.2 Å². The van der Waals surface area contributed by atoms with E-state index in [0.29, 0.717) is 11.4 Å². The topological polar surface area (TPSA) is 117 Å². The van der Waals surface area contributed by atoms with Gasteiger partial charge in [-0.15, -0.1) is 12.4 Å². The number of benzene rings is 1. The number of nitro groups is 1. The lowest BCUT2D eigenvalue weighted by Crippen LogP contribution is -2.34. The van der Waals surface area contributed by atoms with Gasteiger partial charge in [-0.25, -0.2) is 0 Å². The Morgan fingerprint density at radius 3 is 2.70 bits per heavy atom. The highest BCUT2D eigenvalue weighted by molar-refractivity contribution is 5.85. The van der Waals surface area contributed by atoms with Crippen LogP contribution in [0.25, 0.3) is 11.5 Å².